The first-order valence-electron chi connectivity index (χ1n) is 11.0. The average molecular weight is 581 g/mol. The molecule has 1 heterocycles. The molecule has 7 rings (SSSR count). The highest BCUT2D eigenvalue weighted by molar-refractivity contribution is 9.10. The number of hydrogen-bond acceptors (Lipinski definition) is 3. The molecule has 2 amide bonds. The van der Waals surface area contributed by atoms with E-state index in [1.807, 2.05) is 66.7 Å². The number of carbonyl (C=O) groups excluding carboxylic acids is 2. The van der Waals surface area contributed by atoms with Crippen molar-refractivity contribution in [3.05, 3.63) is 107 Å². The van der Waals surface area contributed by atoms with E-state index in [2.05, 4.69) is 31.9 Å². The Kier molecular flexibility index (Phi) is 4.71. The summed E-state index contributed by atoms with van der Waals surface area (Å²) in [7, 11) is 0. The topological polar surface area (TPSA) is 74.7 Å². The summed E-state index contributed by atoms with van der Waals surface area (Å²) in [6, 6.07) is 23.4. The highest BCUT2D eigenvalue weighted by atomic mass is 79.9. The van der Waals surface area contributed by atoms with Gasteiger partial charge in [0.25, 0.3) is 0 Å². The summed E-state index contributed by atoms with van der Waals surface area (Å²) in [5.41, 5.74) is 4.44. The molecule has 34 heavy (non-hydrogen) atoms. The molecule has 0 aromatic heterocycles. The minimum atomic E-state index is -1.29. The number of amides is 2. The maximum atomic E-state index is 14.0. The number of carboxylic acid groups (broad SMARTS) is 1. The molecule has 3 atom stereocenters. The highest BCUT2D eigenvalue weighted by Gasteiger charge is 2.73. The molecule has 170 valence electrons. The average Bonchev–Trinajstić information content (AvgIpc) is 3.12. The molecule has 4 aliphatic rings. The summed E-state index contributed by atoms with van der Waals surface area (Å²) in [6.45, 7) is 0. The number of rotatable bonds is 4. The third kappa shape index (κ3) is 2.57. The normalized spacial score (nSPS) is 29.4. The molecule has 3 aromatic rings. The molecule has 3 unspecified atom stereocenters. The van der Waals surface area contributed by atoms with E-state index in [1.54, 1.807) is 12.1 Å². The minimum absolute atomic E-state index is 0.0531. The van der Waals surface area contributed by atoms with Crippen LogP contribution in [-0.2, 0) is 29.5 Å². The SMILES string of the molecule is O=C(O)C(Cc1ccccc1)N1C(=O)C2C(C1=O)C1(Br)c3ccccc3C2(Br)c2ccccc21. The molecular formula is C27H19Br2NO4. The fourth-order valence-electron chi connectivity index (χ4n) is 6.12. The van der Waals surface area contributed by atoms with Crippen molar-refractivity contribution >= 4 is 49.6 Å². The Hall–Kier alpha value is -2.77. The van der Waals surface area contributed by atoms with Crippen molar-refractivity contribution in [1.82, 2.24) is 4.90 Å². The van der Waals surface area contributed by atoms with Crippen LogP contribution < -0.4 is 0 Å². The highest BCUT2D eigenvalue weighted by Crippen LogP contribution is 2.70. The second-order valence-corrected chi connectivity index (χ2v) is 11.6. The molecular weight excluding hydrogens is 562 g/mol. The van der Waals surface area contributed by atoms with Gasteiger partial charge in [-0.05, 0) is 27.8 Å². The number of imide groups is 1. The Morgan fingerprint density at radius 3 is 1.53 bits per heavy atom. The van der Waals surface area contributed by atoms with Crippen LogP contribution in [0.4, 0.5) is 0 Å². The van der Waals surface area contributed by atoms with Crippen LogP contribution in [0, 0.1) is 11.8 Å². The van der Waals surface area contributed by atoms with Crippen LogP contribution in [0.25, 0.3) is 0 Å². The van der Waals surface area contributed by atoms with E-state index in [1.165, 1.54) is 0 Å². The third-order valence-corrected chi connectivity index (χ3v) is 10.2. The van der Waals surface area contributed by atoms with Crippen molar-refractivity contribution in [2.75, 3.05) is 0 Å². The van der Waals surface area contributed by atoms with E-state index >= 15 is 0 Å². The molecule has 0 spiro atoms. The van der Waals surface area contributed by atoms with Crippen LogP contribution in [0.15, 0.2) is 78.9 Å². The lowest BCUT2D eigenvalue weighted by Gasteiger charge is -2.55. The van der Waals surface area contributed by atoms with E-state index in [4.69, 9.17) is 0 Å². The van der Waals surface area contributed by atoms with Gasteiger partial charge in [0, 0.05) is 6.42 Å². The largest absolute Gasteiger partial charge is 0.480 e. The molecule has 1 N–H and O–H groups in total. The molecule has 3 aromatic carbocycles. The van der Waals surface area contributed by atoms with Crippen LogP contribution in [0.1, 0.15) is 27.8 Å². The van der Waals surface area contributed by atoms with Crippen LogP contribution in [0.2, 0.25) is 0 Å². The Balaban J connectivity index is 1.55. The Bertz CT molecular complexity index is 1250. The fourth-order valence-corrected chi connectivity index (χ4v) is 8.43. The van der Waals surface area contributed by atoms with Crippen molar-refractivity contribution in [2.45, 2.75) is 21.1 Å². The summed E-state index contributed by atoms with van der Waals surface area (Å²) in [4.78, 5) is 41.5. The van der Waals surface area contributed by atoms with Crippen molar-refractivity contribution in [2.24, 2.45) is 11.8 Å². The van der Waals surface area contributed by atoms with Gasteiger partial charge in [-0.3, -0.25) is 14.5 Å². The number of halogens is 2. The van der Waals surface area contributed by atoms with E-state index in [-0.39, 0.29) is 6.42 Å². The number of likely N-dealkylation sites (tertiary alicyclic amines) is 1. The van der Waals surface area contributed by atoms with Gasteiger partial charge < -0.3 is 5.11 Å². The van der Waals surface area contributed by atoms with Crippen LogP contribution >= 0.6 is 31.9 Å². The van der Waals surface area contributed by atoms with Gasteiger partial charge in [0.1, 0.15) is 6.04 Å². The molecule has 2 bridgehead atoms. The Morgan fingerprint density at radius 1 is 0.765 bits per heavy atom. The van der Waals surface area contributed by atoms with Gasteiger partial charge in [-0.1, -0.05) is 111 Å². The monoisotopic (exact) mass is 579 g/mol. The summed E-state index contributed by atoms with van der Waals surface area (Å²) in [6.07, 6.45) is 0.0531. The van der Waals surface area contributed by atoms with Crippen LogP contribution in [-0.4, -0.2) is 33.8 Å². The first kappa shape index (κ1) is 21.7. The molecule has 0 radical (unpaired) electrons. The smallest absolute Gasteiger partial charge is 0.327 e. The number of carboxylic acids is 1. The van der Waals surface area contributed by atoms with Gasteiger partial charge in [0.2, 0.25) is 11.8 Å². The first-order valence-corrected chi connectivity index (χ1v) is 12.6. The van der Waals surface area contributed by atoms with Crippen molar-refractivity contribution in [1.29, 1.82) is 0 Å². The molecule has 7 heteroatoms. The summed E-state index contributed by atoms with van der Waals surface area (Å²) in [5.74, 6) is -3.66. The molecule has 5 nitrogen and oxygen atoms in total. The lowest BCUT2D eigenvalue weighted by Crippen LogP contribution is -2.56. The number of benzene rings is 3. The fraction of sp³-hybridized carbons (Fsp3) is 0.222. The van der Waals surface area contributed by atoms with Gasteiger partial charge in [0.05, 0.1) is 20.5 Å². The maximum Gasteiger partial charge on any atom is 0.327 e. The lowest BCUT2D eigenvalue weighted by atomic mass is 9.54. The number of alkyl halides is 2. The number of hydrogen-bond donors (Lipinski definition) is 1. The standard InChI is InChI=1S/C27H19Br2NO4/c28-26-16-10-4-5-11-17(16)27(29,19-13-7-6-12-18(19)26)22-21(26)23(31)30(24(22)32)20(25(33)34)14-15-8-2-1-3-9-15/h1-13,20-22H,14H2,(H,33,34). The summed E-state index contributed by atoms with van der Waals surface area (Å²) < 4.78 is -1.87. The minimum Gasteiger partial charge on any atom is -0.480 e. The predicted octanol–water partition coefficient (Wildman–Crippen LogP) is 4.59. The number of aliphatic carboxylic acids is 1. The van der Waals surface area contributed by atoms with Crippen molar-refractivity contribution in [3.63, 3.8) is 0 Å². The van der Waals surface area contributed by atoms with Crippen LogP contribution in [0.5, 0.6) is 0 Å². The van der Waals surface area contributed by atoms with E-state index in [9.17, 15) is 19.5 Å². The molecule has 1 aliphatic heterocycles. The zero-order valence-electron chi connectivity index (χ0n) is 17.8. The Labute approximate surface area is 213 Å². The van der Waals surface area contributed by atoms with Crippen molar-refractivity contribution < 1.29 is 19.5 Å². The van der Waals surface area contributed by atoms with Gasteiger partial charge in [-0.15, -0.1) is 0 Å². The molecule has 0 saturated carbocycles. The second-order valence-electron chi connectivity index (χ2n) is 9.06. The molecule has 3 aliphatic carbocycles. The zero-order chi connectivity index (χ0) is 23.8. The third-order valence-electron chi connectivity index (χ3n) is 7.49. The van der Waals surface area contributed by atoms with Gasteiger partial charge in [-0.2, -0.15) is 0 Å². The van der Waals surface area contributed by atoms with E-state index < -0.39 is 44.3 Å². The molecule has 1 saturated heterocycles. The molecule has 1 fully saturated rings. The van der Waals surface area contributed by atoms with Crippen molar-refractivity contribution in [3.8, 4) is 0 Å². The quantitative estimate of drug-likeness (QED) is 0.362. The van der Waals surface area contributed by atoms with Crippen LogP contribution in [0.3, 0.4) is 0 Å². The lowest BCUT2D eigenvalue weighted by molar-refractivity contribution is -0.155. The summed E-state index contributed by atoms with van der Waals surface area (Å²) >= 11 is 7.88. The van der Waals surface area contributed by atoms with E-state index in [0.717, 1.165) is 32.7 Å². The predicted molar refractivity (Wildman–Crippen MR) is 133 cm³/mol. The van der Waals surface area contributed by atoms with Gasteiger partial charge >= 0.3 is 5.97 Å². The van der Waals surface area contributed by atoms with E-state index in [0.29, 0.717) is 0 Å². The zero-order valence-corrected chi connectivity index (χ0v) is 21.0. The maximum absolute atomic E-state index is 14.0. The Morgan fingerprint density at radius 2 is 1.15 bits per heavy atom. The number of nitrogens with zero attached hydrogens (tertiary/aromatic N) is 1. The number of carbonyl (C=O) groups is 3. The van der Waals surface area contributed by atoms with Gasteiger partial charge in [-0.25, -0.2) is 4.79 Å². The first-order chi connectivity index (χ1) is 16.3. The van der Waals surface area contributed by atoms with Gasteiger partial charge in [0.15, 0.2) is 0 Å². The summed E-state index contributed by atoms with van der Waals surface area (Å²) in [5, 5.41) is 10.1. The second kappa shape index (κ2) is 7.36.